The summed E-state index contributed by atoms with van der Waals surface area (Å²) >= 11 is 0. The van der Waals surface area contributed by atoms with Crippen LogP contribution >= 0.6 is 0 Å². The number of hydrogen-bond acceptors (Lipinski definition) is 4. The molecule has 0 aliphatic heterocycles. The lowest BCUT2D eigenvalue weighted by molar-refractivity contribution is 0.660. The molecular formula is C17H19N5. The lowest BCUT2D eigenvalue weighted by Gasteiger charge is -2.20. The van der Waals surface area contributed by atoms with E-state index >= 15 is 0 Å². The van der Waals surface area contributed by atoms with Crippen molar-refractivity contribution in [1.82, 2.24) is 19.6 Å². The van der Waals surface area contributed by atoms with Crippen LogP contribution < -0.4 is 5.32 Å². The minimum atomic E-state index is 0.703. The number of aromatic nitrogens is 4. The van der Waals surface area contributed by atoms with Gasteiger partial charge in [-0.1, -0.05) is 30.3 Å². The number of nitrogens with one attached hydrogen (secondary N) is 1. The van der Waals surface area contributed by atoms with E-state index in [2.05, 4.69) is 39.7 Å². The number of benzene rings is 1. The van der Waals surface area contributed by atoms with Crippen molar-refractivity contribution in [2.45, 2.75) is 39.2 Å². The zero-order valence-electron chi connectivity index (χ0n) is 12.7. The van der Waals surface area contributed by atoms with Crippen LogP contribution in [0.15, 0.2) is 30.3 Å². The van der Waals surface area contributed by atoms with E-state index in [0.29, 0.717) is 5.78 Å². The fraction of sp³-hybridized carbons (Fsp3) is 0.353. The second-order valence-corrected chi connectivity index (χ2v) is 5.80. The van der Waals surface area contributed by atoms with Crippen LogP contribution in [-0.2, 0) is 19.4 Å². The Morgan fingerprint density at radius 2 is 1.91 bits per heavy atom. The van der Waals surface area contributed by atoms with Crippen LogP contribution in [0.1, 0.15) is 35.5 Å². The molecule has 112 valence electrons. The molecule has 2 heterocycles. The van der Waals surface area contributed by atoms with Gasteiger partial charge < -0.3 is 5.32 Å². The molecule has 0 spiro atoms. The molecule has 1 N–H and O–H groups in total. The molecule has 4 rings (SSSR count). The van der Waals surface area contributed by atoms with E-state index in [-0.39, 0.29) is 0 Å². The number of aryl methyl sites for hydroxylation is 2. The molecular weight excluding hydrogens is 274 g/mol. The van der Waals surface area contributed by atoms with E-state index in [4.69, 9.17) is 4.98 Å². The molecule has 0 bridgehead atoms. The van der Waals surface area contributed by atoms with Crippen molar-refractivity contribution in [3.63, 3.8) is 0 Å². The van der Waals surface area contributed by atoms with Gasteiger partial charge in [0.2, 0.25) is 0 Å². The van der Waals surface area contributed by atoms with Gasteiger partial charge in [0.25, 0.3) is 5.78 Å². The van der Waals surface area contributed by atoms with Gasteiger partial charge in [-0.25, -0.2) is 4.98 Å². The Balaban J connectivity index is 1.77. The Bertz CT molecular complexity index is 807. The molecule has 5 nitrogen and oxygen atoms in total. The summed E-state index contributed by atoms with van der Waals surface area (Å²) in [4.78, 5) is 9.14. The summed E-state index contributed by atoms with van der Waals surface area (Å²) in [5.41, 5.74) is 3.75. The first kappa shape index (κ1) is 13.2. The van der Waals surface area contributed by atoms with Gasteiger partial charge in [0.05, 0.1) is 5.69 Å². The SMILES string of the molecule is Cc1nc2nc3c(c(NCc4ccccc4)n2n1)CCCC3. The molecule has 0 unspecified atom stereocenters. The van der Waals surface area contributed by atoms with Crippen LogP contribution in [0, 0.1) is 6.92 Å². The first-order chi connectivity index (χ1) is 10.8. The minimum absolute atomic E-state index is 0.703. The minimum Gasteiger partial charge on any atom is -0.366 e. The van der Waals surface area contributed by atoms with E-state index in [1.165, 1.54) is 29.7 Å². The van der Waals surface area contributed by atoms with Crippen LogP contribution in [-0.4, -0.2) is 19.6 Å². The Morgan fingerprint density at radius 3 is 2.77 bits per heavy atom. The first-order valence-corrected chi connectivity index (χ1v) is 7.84. The van der Waals surface area contributed by atoms with Gasteiger partial charge in [-0.05, 0) is 38.2 Å². The highest BCUT2D eigenvalue weighted by molar-refractivity contribution is 5.54. The van der Waals surface area contributed by atoms with Crippen molar-refractivity contribution >= 4 is 11.6 Å². The Morgan fingerprint density at radius 1 is 1.09 bits per heavy atom. The quantitative estimate of drug-likeness (QED) is 0.806. The average molecular weight is 293 g/mol. The van der Waals surface area contributed by atoms with Crippen molar-refractivity contribution in [2.24, 2.45) is 0 Å². The Kier molecular flexibility index (Phi) is 3.25. The van der Waals surface area contributed by atoms with E-state index < -0.39 is 0 Å². The maximum absolute atomic E-state index is 4.70. The van der Waals surface area contributed by atoms with Crippen molar-refractivity contribution < 1.29 is 0 Å². The normalized spacial score (nSPS) is 14.0. The molecule has 0 radical (unpaired) electrons. The molecule has 2 aromatic heterocycles. The van der Waals surface area contributed by atoms with Gasteiger partial charge >= 0.3 is 0 Å². The highest BCUT2D eigenvalue weighted by Gasteiger charge is 2.20. The third kappa shape index (κ3) is 2.32. The lowest BCUT2D eigenvalue weighted by Crippen LogP contribution is -2.15. The van der Waals surface area contributed by atoms with E-state index in [0.717, 1.165) is 31.0 Å². The summed E-state index contributed by atoms with van der Waals surface area (Å²) < 4.78 is 1.86. The topological polar surface area (TPSA) is 55.1 Å². The zero-order valence-corrected chi connectivity index (χ0v) is 12.7. The zero-order chi connectivity index (χ0) is 14.9. The summed E-state index contributed by atoms with van der Waals surface area (Å²) in [5.74, 6) is 2.52. The third-order valence-corrected chi connectivity index (χ3v) is 4.17. The number of fused-ring (bicyclic) bond motifs is 2. The van der Waals surface area contributed by atoms with E-state index in [1.54, 1.807) is 0 Å². The lowest BCUT2D eigenvalue weighted by atomic mass is 9.96. The van der Waals surface area contributed by atoms with Crippen LogP contribution in [0.2, 0.25) is 0 Å². The Hall–Kier alpha value is -2.43. The van der Waals surface area contributed by atoms with Crippen molar-refractivity contribution in [1.29, 1.82) is 0 Å². The summed E-state index contributed by atoms with van der Waals surface area (Å²) in [6.45, 7) is 2.69. The highest BCUT2D eigenvalue weighted by atomic mass is 15.4. The van der Waals surface area contributed by atoms with Crippen LogP contribution in [0.3, 0.4) is 0 Å². The summed E-state index contributed by atoms with van der Waals surface area (Å²) in [6, 6.07) is 10.4. The molecule has 1 aliphatic carbocycles. The van der Waals surface area contributed by atoms with E-state index in [9.17, 15) is 0 Å². The van der Waals surface area contributed by atoms with Gasteiger partial charge in [-0.3, -0.25) is 0 Å². The molecule has 0 fully saturated rings. The van der Waals surface area contributed by atoms with E-state index in [1.807, 2.05) is 17.5 Å². The predicted molar refractivity (Wildman–Crippen MR) is 85.9 cm³/mol. The van der Waals surface area contributed by atoms with Gasteiger partial charge in [0.15, 0.2) is 0 Å². The maximum Gasteiger partial charge on any atom is 0.254 e. The molecule has 1 aromatic carbocycles. The highest BCUT2D eigenvalue weighted by Crippen LogP contribution is 2.27. The van der Waals surface area contributed by atoms with Crippen molar-refractivity contribution in [3.8, 4) is 0 Å². The van der Waals surface area contributed by atoms with Crippen LogP contribution in [0.25, 0.3) is 5.78 Å². The molecule has 3 aromatic rings. The van der Waals surface area contributed by atoms with Gasteiger partial charge in [0.1, 0.15) is 11.6 Å². The third-order valence-electron chi connectivity index (χ3n) is 4.17. The van der Waals surface area contributed by atoms with Gasteiger partial charge in [-0.2, -0.15) is 9.50 Å². The molecule has 5 heteroatoms. The second kappa shape index (κ2) is 5.40. The number of hydrogen-bond donors (Lipinski definition) is 1. The molecule has 0 saturated carbocycles. The summed E-state index contributed by atoms with van der Waals surface area (Å²) in [6.07, 6.45) is 4.53. The molecule has 0 atom stereocenters. The predicted octanol–water partition coefficient (Wildman–Crippen LogP) is 2.92. The average Bonchev–Trinajstić information content (AvgIpc) is 2.92. The fourth-order valence-corrected chi connectivity index (χ4v) is 3.11. The second-order valence-electron chi connectivity index (χ2n) is 5.80. The number of nitrogens with zero attached hydrogens (tertiary/aromatic N) is 4. The van der Waals surface area contributed by atoms with Gasteiger partial charge in [0, 0.05) is 12.1 Å². The van der Waals surface area contributed by atoms with Crippen LogP contribution in [0.4, 0.5) is 5.82 Å². The number of anilines is 1. The van der Waals surface area contributed by atoms with Crippen molar-refractivity contribution in [3.05, 3.63) is 53.0 Å². The fourth-order valence-electron chi connectivity index (χ4n) is 3.11. The largest absolute Gasteiger partial charge is 0.366 e. The standard InChI is InChI=1S/C17H19N5/c1-12-19-17-20-15-10-6-5-9-14(15)16(22(17)21-12)18-11-13-7-3-2-4-8-13/h2-4,7-8,18H,5-6,9-11H2,1H3. The molecule has 22 heavy (non-hydrogen) atoms. The maximum atomic E-state index is 4.70. The molecule has 0 amide bonds. The van der Waals surface area contributed by atoms with Crippen molar-refractivity contribution in [2.75, 3.05) is 5.32 Å². The smallest absolute Gasteiger partial charge is 0.254 e. The molecule has 0 saturated heterocycles. The monoisotopic (exact) mass is 293 g/mol. The van der Waals surface area contributed by atoms with Gasteiger partial charge in [-0.15, -0.1) is 5.10 Å². The molecule has 1 aliphatic rings. The number of rotatable bonds is 3. The summed E-state index contributed by atoms with van der Waals surface area (Å²) in [7, 11) is 0. The first-order valence-electron chi connectivity index (χ1n) is 7.84. The Labute approximate surface area is 129 Å². The summed E-state index contributed by atoms with van der Waals surface area (Å²) in [5, 5.41) is 8.08. The van der Waals surface area contributed by atoms with Crippen LogP contribution in [0.5, 0.6) is 0 Å².